The van der Waals surface area contributed by atoms with Crippen LogP contribution in [0.25, 0.3) is 0 Å². The molecule has 0 bridgehead atoms. The number of carbonyl (C=O) groups is 2. The van der Waals surface area contributed by atoms with Gasteiger partial charge in [0.15, 0.2) is 11.5 Å². The maximum atomic E-state index is 11.6. The van der Waals surface area contributed by atoms with Gasteiger partial charge in [-0.1, -0.05) is 6.07 Å². The van der Waals surface area contributed by atoms with E-state index in [4.69, 9.17) is 14.6 Å². The predicted octanol–water partition coefficient (Wildman–Crippen LogP) is 1.85. The van der Waals surface area contributed by atoms with Gasteiger partial charge in [0.05, 0.1) is 12.7 Å². The van der Waals surface area contributed by atoms with E-state index >= 15 is 0 Å². The van der Waals surface area contributed by atoms with Crippen molar-refractivity contribution in [1.82, 2.24) is 0 Å². The molecule has 1 atom stereocenters. The summed E-state index contributed by atoms with van der Waals surface area (Å²) in [6.07, 6.45) is 1.01. The quantitative estimate of drug-likeness (QED) is 0.656. The summed E-state index contributed by atoms with van der Waals surface area (Å²) in [5.41, 5.74) is 0.0122. The molecule has 1 saturated heterocycles. The largest absolute Gasteiger partial charge is 0.492 e. The van der Waals surface area contributed by atoms with E-state index in [-0.39, 0.29) is 17.4 Å². The van der Waals surface area contributed by atoms with E-state index in [1.54, 1.807) is 23.9 Å². The fourth-order valence-corrected chi connectivity index (χ4v) is 2.99. The highest BCUT2D eigenvalue weighted by atomic mass is 32.2. The Morgan fingerprint density at radius 2 is 2.21 bits per heavy atom. The minimum Gasteiger partial charge on any atom is -0.492 e. The van der Waals surface area contributed by atoms with Crippen molar-refractivity contribution >= 4 is 23.5 Å². The number of hydrogen-bond acceptors (Lipinski definition) is 5. The number of carboxylic acids is 1. The van der Waals surface area contributed by atoms with Crippen molar-refractivity contribution in [2.45, 2.75) is 12.5 Å². The summed E-state index contributed by atoms with van der Waals surface area (Å²) in [5, 5.41) is 8.78. The molecule has 1 aromatic carbocycles. The highest BCUT2D eigenvalue weighted by Gasteiger charge is 2.24. The Kier molecular flexibility index (Phi) is 4.31. The lowest BCUT2D eigenvalue weighted by atomic mass is 10.1. The first-order chi connectivity index (χ1) is 9.13. The van der Waals surface area contributed by atoms with Crippen LogP contribution in [0, 0.1) is 0 Å². The molecule has 0 aliphatic carbocycles. The Morgan fingerprint density at radius 1 is 1.42 bits per heavy atom. The number of carboxylic acid groups (broad SMARTS) is 1. The van der Waals surface area contributed by atoms with Gasteiger partial charge >= 0.3 is 5.97 Å². The van der Waals surface area contributed by atoms with Crippen LogP contribution in [-0.4, -0.2) is 41.6 Å². The van der Waals surface area contributed by atoms with Gasteiger partial charge in [0.25, 0.3) is 5.78 Å². The molecular formula is C13H14O5S. The summed E-state index contributed by atoms with van der Waals surface area (Å²) in [4.78, 5) is 22.3. The first kappa shape index (κ1) is 13.7. The number of ketones is 1. The van der Waals surface area contributed by atoms with Crippen molar-refractivity contribution in [3.05, 3.63) is 23.8 Å². The summed E-state index contributed by atoms with van der Waals surface area (Å²) in [6.45, 7) is 0. The van der Waals surface area contributed by atoms with Crippen molar-refractivity contribution in [3.8, 4) is 11.5 Å². The lowest BCUT2D eigenvalue weighted by molar-refractivity contribution is -0.131. The first-order valence-electron chi connectivity index (χ1n) is 5.82. The highest BCUT2D eigenvalue weighted by Crippen LogP contribution is 2.34. The zero-order valence-electron chi connectivity index (χ0n) is 10.4. The summed E-state index contributed by atoms with van der Waals surface area (Å²) < 4.78 is 10.9. The van der Waals surface area contributed by atoms with Crippen molar-refractivity contribution in [2.24, 2.45) is 0 Å². The van der Waals surface area contributed by atoms with Gasteiger partial charge in [0.1, 0.15) is 6.10 Å². The molecule has 0 amide bonds. The molecular weight excluding hydrogens is 268 g/mol. The molecule has 0 aromatic heterocycles. The number of hydrogen-bond donors (Lipinski definition) is 1. The van der Waals surface area contributed by atoms with Crippen LogP contribution in [0.5, 0.6) is 11.5 Å². The molecule has 1 aliphatic heterocycles. The zero-order valence-corrected chi connectivity index (χ0v) is 11.2. The van der Waals surface area contributed by atoms with Crippen LogP contribution >= 0.6 is 11.8 Å². The zero-order chi connectivity index (χ0) is 13.8. The second-order valence-corrected chi connectivity index (χ2v) is 5.22. The van der Waals surface area contributed by atoms with Crippen molar-refractivity contribution in [3.63, 3.8) is 0 Å². The van der Waals surface area contributed by atoms with E-state index in [0.717, 1.165) is 17.9 Å². The molecule has 1 heterocycles. The van der Waals surface area contributed by atoms with Crippen LogP contribution in [0.1, 0.15) is 16.8 Å². The van der Waals surface area contributed by atoms with E-state index in [9.17, 15) is 9.59 Å². The second-order valence-electron chi connectivity index (χ2n) is 4.07. The fourth-order valence-electron chi connectivity index (χ4n) is 1.90. The molecule has 1 aromatic rings. The third kappa shape index (κ3) is 3.01. The molecule has 0 saturated carbocycles. The number of rotatable bonds is 5. The minimum absolute atomic E-state index is 0.0122. The number of thioether (sulfide) groups is 1. The van der Waals surface area contributed by atoms with Gasteiger partial charge < -0.3 is 14.6 Å². The number of methoxy groups -OCH3 is 1. The maximum absolute atomic E-state index is 11.6. The Morgan fingerprint density at radius 3 is 2.79 bits per heavy atom. The maximum Gasteiger partial charge on any atom is 0.377 e. The van der Waals surface area contributed by atoms with Gasteiger partial charge in [0, 0.05) is 5.75 Å². The monoisotopic (exact) mass is 282 g/mol. The van der Waals surface area contributed by atoms with E-state index < -0.39 is 11.8 Å². The number of carbonyl (C=O) groups excluding carboxylic acids is 1. The number of aliphatic carboxylic acids is 1. The molecule has 6 heteroatoms. The Balaban J connectivity index is 2.30. The van der Waals surface area contributed by atoms with Gasteiger partial charge in [-0.25, -0.2) is 4.79 Å². The molecule has 5 nitrogen and oxygen atoms in total. The van der Waals surface area contributed by atoms with E-state index in [1.165, 1.54) is 13.2 Å². The van der Waals surface area contributed by atoms with E-state index in [1.807, 2.05) is 0 Å². The highest BCUT2D eigenvalue weighted by molar-refractivity contribution is 7.99. The molecule has 2 rings (SSSR count). The SMILES string of the molecule is COc1c(OC2CCSC2)cccc1C(=O)C(=O)O. The summed E-state index contributed by atoms with van der Waals surface area (Å²) in [5.74, 6) is 0.0323. The molecule has 1 unspecified atom stereocenters. The van der Waals surface area contributed by atoms with Gasteiger partial charge in [-0.05, 0) is 24.3 Å². The predicted molar refractivity (Wildman–Crippen MR) is 71.3 cm³/mol. The van der Waals surface area contributed by atoms with Crippen molar-refractivity contribution in [1.29, 1.82) is 0 Å². The van der Waals surface area contributed by atoms with Gasteiger partial charge in [-0.3, -0.25) is 4.79 Å². The van der Waals surface area contributed by atoms with Crippen molar-refractivity contribution < 1.29 is 24.2 Å². The van der Waals surface area contributed by atoms with Gasteiger partial charge in [0.2, 0.25) is 0 Å². The summed E-state index contributed by atoms with van der Waals surface area (Å²) in [6, 6.07) is 4.70. The standard InChI is InChI=1S/C13H14O5S/c1-17-12-9(11(14)13(15)16)3-2-4-10(12)18-8-5-6-19-7-8/h2-4,8H,5-7H2,1H3,(H,15,16). The third-order valence-electron chi connectivity index (χ3n) is 2.80. The molecule has 1 fully saturated rings. The lowest BCUT2D eigenvalue weighted by Gasteiger charge is -2.16. The third-order valence-corrected chi connectivity index (χ3v) is 3.94. The summed E-state index contributed by atoms with van der Waals surface area (Å²) in [7, 11) is 1.39. The van der Waals surface area contributed by atoms with Crippen LogP contribution in [-0.2, 0) is 4.79 Å². The van der Waals surface area contributed by atoms with Crippen LogP contribution in [0.3, 0.4) is 0 Å². The number of benzene rings is 1. The second kappa shape index (κ2) is 5.97. The van der Waals surface area contributed by atoms with Crippen LogP contribution in [0.2, 0.25) is 0 Å². The normalized spacial score (nSPS) is 18.1. The molecule has 1 N–H and O–H groups in total. The smallest absolute Gasteiger partial charge is 0.377 e. The fraction of sp³-hybridized carbons (Fsp3) is 0.385. The number of para-hydroxylation sites is 1. The van der Waals surface area contributed by atoms with Crippen LogP contribution in [0.4, 0.5) is 0 Å². The van der Waals surface area contributed by atoms with Gasteiger partial charge in [-0.2, -0.15) is 11.8 Å². The Hall–Kier alpha value is -1.69. The van der Waals surface area contributed by atoms with Gasteiger partial charge in [-0.15, -0.1) is 0 Å². The summed E-state index contributed by atoms with van der Waals surface area (Å²) >= 11 is 1.80. The topological polar surface area (TPSA) is 72.8 Å². The Labute approximate surface area is 114 Å². The molecule has 1 aliphatic rings. The minimum atomic E-state index is -1.51. The van der Waals surface area contributed by atoms with E-state index in [2.05, 4.69) is 0 Å². The molecule has 19 heavy (non-hydrogen) atoms. The average Bonchev–Trinajstić information content (AvgIpc) is 2.90. The first-order valence-corrected chi connectivity index (χ1v) is 6.98. The molecule has 0 radical (unpaired) electrons. The molecule has 102 valence electrons. The van der Waals surface area contributed by atoms with E-state index in [0.29, 0.717) is 5.75 Å². The van der Waals surface area contributed by atoms with Crippen LogP contribution < -0.4 is 9.47 Å². The van der Waals surface area contributed by atoms with Crippen molar-refractivity contribution in [2.75, 3.05) is 18.6 Å². The Bertz CT molecular complexity index is 494. The number of ether oxygens (including phenoxy) is 2. The lowest BCUT2D eigenvalue weighted by Crippen LogP contribution is -2.17. The number of Topliss-reactive ketones (excluding diaryl/α,β-unsaturated/α-hetero) is 1. The molecule has 0 spiro atoms. The average molecular weight is 282 g/mol. The van der Waals surface area contributed by atoms with Crippen LogP contribution in [0.15, 0.2) is 18.2 Å².